The van der Waals surface area contributed by atoms with Crippen molar-refractivity contribution >= 4 is 34.1 Å². The first-order valence-electron chi connectivity index (χ1n) is 8.72. The van der Waals surface area contributed by atoms with Gasteiger partial charge in [0.1, 0.15) is 5.82 Å². The van der Waals surface area contributed by atoms with E-state index in [0.29, 0.717) is 21.8 Å². The number of hydrogen-bond donors (Lipinski definition) is 1. The van der Waals surface area contributed by atoms with Gasteiger partial charge in [-0.2, -0.15) is 0 Å². The van der Waals surface area contributed by atoms with E-state index in [9.17, 15) is 9.18 Å². The van der Waals surface area contributed by atoms with Gasteiger partial charge in [-0.15, -0.1) is 21.5 Å². The highest BCUT2D eigenvalue weighted by Gasteiger charge is 2.17. The third-order valence-corrected chi connectivity index (χ3v) is 5.75. The van der Waals surface area contributed by atoms with E-state index in [4.69, 9.17) is 0 Å². The Balaban J connectivity index is 1.60. The largest absolute Gasteiger partial charge is 0.301 e. The molecule has 0 aliphatic rings. The number of aromatic nitrogens is 4. The van der Waals surface area contributed by atoms with Gasteiger partial charge in [-0.3, -0.25) is 9.36 Å². The molecule has 146 valence electrons. The summed E-state index contributed by atoms with van der Waals surface area (Å²) in [5.41, 5.74) is 2.45. The first-order chi connectivity index (χ1) is 14.1. The van der Waals surface area contributed by atoms with Crippen LogP contribution in [0.5, 0.6) is 0 Å². The van der Waals surface area contributed by atoms with Crippen LogP contribution in [0.1, 0.15) is 5.69 Å². The van der Waals surface area contributed by atoms with Crippen LogP contribution in [0, 0.1) is 12.7 Å². The molecule has 4 aromatic rings. The molecule has 0 fully saturated rings. The predicted molar refractivity (Wildman–Crippen MR) is 113 cm³/mol. The van der Waals surface area contributed by atoms with Crippen LogP contribution in [0.15, 0.2) is 65.1 Å². The summed E-state index contributed by atoms with van der Waals surface area (Å²) in [5.74, 6) is 0.262. The molecule has 9 heteroatoms. The first kappa shape index (κ1) is 19.3. The van der Waals surface area contributed by atoms with Crippen molar-refractivity contribution in [3.63, 3.8) is 0 Å². The van der Waals surface area contributed by atoms with Crippen LogP contribution >= 0.6 is 23.1 Å². The minimum atomic E-state index is -0.324. The lowest BCUT2D eigenvalue weighted by atomic mass is 10.2. The SMILES string of the molecule is Cc1csc(NC(=O)CSc2nnc(-c3ccccc3)n2-c2ccc(F)cc2)n1. The molecule has 1 N–H and O–H groups in total. The van der Waals surface area contributed by atoms with Gasteiger partial charge in [0.2, 0.25) is 5.91 Å². The lowest BCUT2D eigenvalue weighted by Gasteiger charge is -2.10. The summed E-state index contributed by atoms with van der Waals surface area (Å²) in [6, 6.07) is 15.7. The predicted octanol–water partition coefficient (Wildman–Crippen LogP) is 4.57. The Morgan fingerprint density at radius 2 is 1.90 bits per heavy atom. The van der Waals surface area contributed by atoms with Crippen LogP contribution in [0.3, 0.4) is 0 Å². The van der Waals surface area contributed by atoms with Crippen molar-refractivity contribution in [2.45, 2.75) is 12.1 Å². The highest BCUT2D eigenvalue weighted by molar-refractivity contribution is 7.99. The Kier molecular flexibility index (Phi) is 5.68. The summed E-state index contributed by atoms with van der Waals surface area (Å²) in [6.07, 6.45) is 0. The van der Waals surface area contributed by atoms with Gasteiger partial charge in [-0.1, -0.05) is 42.1 Å². The number of carbonyl (C=O) groups excluding carboxylic acids is 1. The molecule has 0 atom stereocenters. The molecule has 2 aromatic carbocycles. The zero-order valence-corrected chi connectivity index (χ0v) is 17.0. The monoisotopic (exact) mass is 425 g/mol. The van der Waals surface area contributed by atoms with Crippen molar-refractivity contribution in [3.8, 4) is 17.1 Å². The summed E-state index contributed by atoms with van der Waals surface area (Å²) in [7, 11) is 0. The Bertz CT molecular complexity index is 1130. The van der Waals surface area contributed by atoms with Gasteiger partial charge in [0.25, 0.3) is 0 Å². The molecular weight excluding hydrogens is 409 g/mol. The van der Waals surface area contributed by atoms with Crippen molar-refractivity contribution in [1.82, 2.24) is 19.7 Å². The number of nitrogens with one attached hydrogen (secondary N) is 1. The zero-order chi connectivity index (χ0) is 20.2. The van der Waals surface area contributed by atoms with Gasteiger partial charge >= 0.3 is 0 Å². The Labute approximate surface area is 174 Å². The van der Waals surface area contributed by atoms with Crippen LogP contribution in [-0.4, -0.2) is 31.4 Å². The number of benzene rings is 2. The normalized spacial score (nSPS) is 10.8. The van der Waals surface area contributed by atoms with Gasteiger partial charge in [0.15, 0.2) is 16.1 Å². The standard InChI is InChI=1S/C20H16FN5OS2/c1-13-11-28-19(22-13)23-17(27)12-29-20-25-24-18(14-5-3-2-4-6-14)26(20)16-9-7-15(21)8-10-16/h2-11H,12H2,1H3,(H,22,23,27). The van der Waals surface area contributed by atoms with E-state index in [1.54, 1.807) is 12.1 Å². The molecule has 1 amide bonds. The number of halogens is 1. The lowest BCUT2D eigenvalue weighted by Crippen LogP contribution is -2.14. The second kappa shape index (κ2) is 8.54. The summed E-state index contributed by atoms with van der Waals surface area (Å²) in [6.45, 7) is 1.87. The fraction of sp³-hybridized carbons (Fsp3) is 0.100. The summed E-state index contributed by atoms with van der Waals surface area (Å²) in [5, 5.41) is 14.3. The maximum atomic E-state index is 13.4. The maximum absolute atomic E-state index is 13.4. The molecule has 0 saturated heterocycles. The number of thiazole rings is 1. The van der Waals surface area contributed by atoms with E-state index in [1.807, 2.05) is 47.2 Å². The third-order valence-electron chi connectivity index (χ3n) is 3.95. The molecule has 0 aliphatic heterocycles. The molecule has 2 heterocycles. The number of rotatable bonds is 6. The molecule has 0 bridgehead atoms. The fourth-order valence-electron chi connectivity index (χ4n) is 2.66. The Hall–Kier alpha value is -3.04. The van der Waals surface area contributed by atoms with E-state index in [2.05, 4.69) is 20.5 Å². The number of hydrogen-bond acceptors (Lipinski definition) is 6. The van der Waals surface area contributed by atoms with Crippen LogP contribution in [-0.2, 0) is 4.79 Å². The molecule has 0 unspecified atom stereocenters. The molecule has 0 saturated carbocycles. The first-order valence-corrected chi connectivity index (χ1v) is 10.6. The average Bonchev–Trinajstić information content (AvgIpc) is 3.34. The smallest absolute Gasteiger partial charge is 0.236 e. The number of amides is 1. The molecule has 2 aromatic heterocycles. The van der Waals surface area contributed by atoms with E-state index in [-0.39, 0.29) is 17.5 Å². The number of anilines is 1. The Morgan fingerprint density at radius 3 is 2.59 bits per heavy atom. The summed E-state index contributed by atoms with van der Waals surface area (Å²) < 4.78 is 15.2. The minimum absolute atomic E-state index is 0.146. The molecular formula is C20H16FN5OS2. The van der Waals surface area contributed by atoms with E-state index in [0.717, 1.165) is 11.3 Å². The topological polar surface area (TPSA) is 72.7 Å². The highest BCUT2D eigenvalue weighted by Crippen LogP contribution is 2.28. The lowest BCUT2D eigenvalue weighted by molar-refractivity contribution is -0.113. The van der Waals surface area contributed by atoms with Crippen molar-refractivity contribution in [2.24, 2.45) is 0 Å². The Morgan fingerprint density at radius 1 is 1.14 bits per heavy atom. The number of carbonyl (C=O) groups is 1. The van der Waals surface area contributed by atoms with Crippen molar-refractivity contribution in [1.29, 1.82) is 0 Å². The van der Waals surface area contributed by atoms with Gasteiger partial charge in [0, 0.05) is 16.6 Å². The quantitative estimate of drug-likeness (QED) is 0.458. The average molecular weight is 426 g/mol. The maximum Gasteiger partial charge on any atom is 0.236 e. The summed E-state index contributed by atoms with van der Waals surface area (Å²) in [4.78, 5) is 16.5. The molecule has 0 radical (unpaired) electrons. The summed E-state index contributed by atoms with van der Waals surface area (Å²) >= 11 is 2.64. The van der Waals surface area contributed by atoms with Gasteiger partial charge in [-0.25, -0.2) is 9.37 Å². The fourth-order valence-corrected chi connectivity index (χ4v) is 4.11. The zero-order valence-electron chi connectivity index (χ0n) is 15.4. The van der Waals surface area contributed by atoms with Crippen molar-refractivity contribution in [2.75, 3.05) is 11.1 Å². The van der Waals surface area contributed by atoms with Crippen molar-refractivity contribution < 1.29 is 9.18 Å². The highest BCUT2D eigenvalue weighted by atomic mass is 32.2. The second-order valence-corrected chi connectivity index (χ2v) is 7.92. The van der Waals surface area contributed by atoms with E-state index >= 15 is 0 Å². The van der Waals surface area contributed by atoms with Gasteiger partial charge in [-0.05, 0) is 31.2 Å². The molecule has 6 nitrogen and oxygen atoms in total. The van der Waals surface area contributed by atoms with Crippen LogP contribution in [0.4, 0.5) is 9.52 Å². The molecule has 29 heavy (non-hydrogen) atoms. The number of thioether (sulfide) groups is 1. The van der Waals surface area contributed by atoms with Crippen molar-refractivity contribution in [3.05, 3.63) is 71.5 Å². The minimum Gasteiger partial charge on any atom is -0.301 e. The number of nitrogens with zero attached hydrogens (tertiary/aromatic N) is 4. The van der Waals surface area contributed by atoms with Crippen LogP contribution < -0.4 is 5.32 Å². The molecule has 0 aliphatic carbocycles. The van der Waals surface area contributed by atoms with Gasteiger partial charge in [0.05, 0.1) is 11.4 Å². The van der Waals surface area contributed by atoms with Gasteiger partial charge < -0.3 is 5.32 Å². The molecule has 4 rings (SSSR count). The molecule has 0 spiro atoms. The van der Waals surface area contributed by atoms with Crippen LogP contribution in [0.25, 0.3) is 17.1 Å². The van der Waals surface area contributed by atoms with E-state index < -0.39 is 0 Å². The second-order valence-electron chi connectivity index (χ2n) is 6.11. The number of aryl methyl sites for hydroxylation is 1. The van der Waals surface area contributed by atoms with Crippen LogP contribution in [0.2, 0.25) is 0 Å². The third kappa shape index (κ3) is 4.52. The van der Waals surface area contributed by atoms with E-state index in [1.165, 1.54) is 35.2 Å².